The van der Waals surface area contributed by atoms with Gasteiger partial charge in [0.15, 0.2) is 0 Å². The standard InChI is InChI=1S/C17H18N2O/c1-2-19-10-9-18-17(19)16(20)12-13-7-8-14-5-3-4-6-15(14)11-13/h3-11,16,20H,2,12H2,1H3. The number of imidazole rings is 1. The van der Waals surface area contributed by atoms with E-state index in [4.69, 9.17) is 0 Å². The fourth-order valence-corrected chi connectivity index (χ4v) is 2.57. The van der Waals surface area contributed by atoms with Gasteiger partial charge < -0.3 is 9.67 Å². The summed E-state index contributed by atoms with van der Waals surface area (Å²) in [6, 6.07) is 14.6. The molecule has 3 rings (SSSR count). The van der Waals surface area contributed by atoms with Crippen LogP contribution in [0.1, 0.15) is 24.4 Å². The van der Waals surface area contributed by atoms with Crippen LogP contribution in [-0.4, -0.2) is 14.7 Å². The fraction of sp³-hybridized carbons (Fsp3) is 0.235. The van der Waals surface area contributed by atoms with E-state index >= 15 is 0 Å². The minimum Gasteiger partial charge on any atom is -0.385 e. The van der Waals surface area contributed by atoms with Gasteiger partial charge in [-0.3, -0.25) is 0 Å². The van der Waals surface area contributed by atoms with Crippen LogP contribution in [0.25, 0.3) is 10.8 Å². The molecule has 2 aromatic carbocycles. The normalized spacial score (nSPS) is 12.7. The molecular formula is C17H18N2O. The fourth-order valence-electron chi connectivity index (χ4n) is 2.57. The molecule has 3 aromatic rings. The third-order valence-corrected chi connectivity index (χ3v) is 3.63. The van der Waals surface area contributed by atoms with E-state index in [1.165, 1.54) is 10.8 Å². The predicted molar refractivity (Wildman–Crippen MR) is 80.5 cm³/mol. The van der Waals surface area contributed by atoms with Gasteiger partial charge in [0.05, 0.1) is 0 Å². The highest BCUT2D eigenvalue weighted by molar-refractivity contribution is 5.82. The van der Waals surface area contributed by atoms with Gasteiger partial charge in [-0.1, -0.05) is 42.5 Å². The van der Waals surface area contributed by atoms with E-state index in [-0.39, 0.29) is 0 Å². The SMILES string of the molecule is CCn1ccnc1C(O)Cc1ccc2ccccc2c1. The van der Waals surface area contributed by atoms with Gasteiger partial charge in [0, 0.05) is 25.4 Å². The van der Waals surface area contributed by atoms with Crippen molar-refractivity contribution in [1.29, 1.82) is 0 Å². The number of aryl methyl sites for hydroxylation is 1. The van der Waals surface area contributed by atoms with Crippen LogP contribution >= 0.6 is 0 Å². The van der Waals surface area contributed by atoms with Crippen molar-refractivity contribution in [3.05, 3.63) is 66.2 Å². The molecule has 0 saturated heterocycles. The first-order chi connectivity index (χ1) is 9.78. The average molecular weight is 266 g/mol. The zero-order valence-corrected chi connectivity index (χ0v) is 11.5. The van der Waals surface area contributed by atoms with Crippen molar-refractivity contribution in [2.45, 2.75) is 26.0 Å². The van der Waals surface area contributed by atoms with Crippen LogP contribution < -0.4 is 0 Å². The van der Waals surface area contributed by atoms with Gasteiger partial charge >= 0.3 is 0 Å². The molecule has 0 saturated carbocycles. The van der Waals surface area contributed by atoms with Gasteiger partial charge in [-0.15, -0.1) is 0 Å². The number of fused-ring (bicyclic) bond motifs is 1. The van der Waals surface area contributed by atoms with Crippen LogP contribution in [-0.2, 0) is 13.0 Å². The Hall–Kier alpha value is -2.13. The zero-order chi connectivity index (χ0) is 13.9. The Morgan fingerprint density at radius 1 is 1.15 bits per heavy atom. The van der Waals surface area contributed by atoms with E-state index in [0.29, 0.717) is 6.42 Å². The molecule has 0 aliphatic carbocycles. The van der Waals surface area contributed by atoms with Crippen molar-refractivity contribution < 1.29 is 5.11 Å². The summed E-state index contributed by atoms with van der Waals surface area (Å²) in [6.07, 6.45) is 3.66. The third-order valence-electron chi connectivity index (χ3n) is 3.63. The van der Waals surface area contributed by atoms with Crippen LogP contribution in [0.3, 0.4) is 0 Å². The molecule has 102 valence electrons. The van der Waals surface area contributed by atoms with Gasteiger partial charge in [0.2, 0.25) is 0 Å². The molecule has 3 nitrogen and oxygen atoms in total. The van der Waals surface area contributed by atoms with Crippen LogP contribution in [0.5, 0.6) is 0 Å². The summed E-state index contributed by atoms with van der Waals surface area (Å²) in [5, 5.41) is 12.8. The lowest BCUT2D eigenvalue weighted by Gasteiger charge is -2.12. The largest absolute Gasteiger partial charge is 0.385 e. The lowest BCUT2D eigenvalue weighted by atomic mass is 10.0. The molecule has 0 aliphatic rings. The predicted octanol–water partition coefficient (Wildman–Crippen LogP) is 3.33. The summed E-state index contributed by atoms with van der Waals surface area (Å²) in [6.45, 7) is 2.87. The average Bonchev–Trinajstić information content (AvgIpc) is 2.95. The van der Waals surface area contributed by atoms with Crippen LogP contribution in [0, 0.1) is 0 Å². The van der Waals surface area contributed by atoms with E-state index in [0.717, 1.165) is 17.9 Å². The lowest BCUT2D eigenvalue weighted by Crippen LogP contribution is -2.10. The summed E-state index contributed by atoms with van der Waals surface area (Å²) in [7, 11) is 0. The molecular weight excluding hydrogens is 248 g/mol. The number of aromatic nitrogens is 2. The minimum absolute atomic E-state index is 0.564. The minimum atomic E-state index is -0.564. The molecule has 20 heavy (non-hydrogen) atoms. The maximum Gasteiger partial charge on any atom is 0.137 e. The van der Waals surface area contributed by atoms with Crippen molar-refractivity contribution >= 4 is 10.8 Å². The summed E-state index contributed by atoms with van der Waals surface area (Å²) < 4.78 is 1.98. The van der Waals surface area contributed by atoms with E-state index in [1.54, 1.807) is 6.20 Å². The molecule has 0 amide bonds. The van der Waals surface area contributed by atoms with Crippen molar-refractivity contribution in [2.75, 3.05) is 0 Å². The van der Waals surface area contributed by atoms with Crippen molar-refractivity contribution in [3.8, 4) is 0 Å². The Morgan fingerprint density at radius 2 is 1.95 bits per heavy atom. The maximum absolute atomic E-state index is 10.4. The number of hydrogen-bond acceptors (Lipinski definition) is 2. The van der Waals surface area contributed by atoms with E-state index < -0.39 is 6.10 Å². The van der Waals surface area contributed by atoms with Gasteiger partial charge in [-0.2, -0.15) is 0 Å². The summed E-state index contributed by atoms with van der Waals surface area (Å²) >= 11 is 0. The quantitative estimate of drug-likeness (QED) is 0.786. The first kappa shape index (κ1) is 12.9. The van der Waals surface area contributed by atoms with Crippen LogP contribution in [0.4, 0.5) is 0 Å². The van der Waals surface area contributed by atoms with Crippen molar-refractivity contribution in [1.82, 2.24) is 9.55 Å². The number of aliphatic hydroxyl groups excluding tert-OH is 1. The second kappa shape index (κ2) is 5.47. The van der Waals surface area contributed by atoms with Crippen LogP contribution in [0.15, 0.2) is 54.9 Å². The van der Waals surface area contributed by atoms with Crippen LogP contribution in [0.2, 0.25) is 0 Å². The lowest BCUT2D eigenvalue weighted by molar-refractivity contribution is 0.164. The zero-order valence-electron chi connectivity index (χ0n) is 11.5. The molecule has 0 spiro atoms. The Bertz CT molecular complexity index is 718. The molecule has 0 fully saturated rings. The first-order valence-corrected chi connectivity index (χ1v) is 6.94. The van der Waals surface area contributed by atoms with E-state index in [2.05, 4.69) is 35.3 Å². The molecule has 1 N–H and O–H groups in total. The number of aliphatic hydroxyl groups is 1. The van der Waals surface area contributed by atoms with Crippen molar-refractivity contribution in [3.63, 3.8) is 0 Å². The molecule has 1 atom stereocenters. The topological polar surface area (TPSA) is 38.0 Å². The molecule has 1 unspecified atom stereocenters. The first-order valence-electron chi connectivity index (χ1n) is 6.94. The van der Waals surface area contributed by atoms with Crippen molar-refractivity contribution in [2.24, 2.45) is 0 Å². The Kier molecular flexibility index (Phi) is 3.52. The highest BCUT2D eigenvalue weighted by Gasteiger charge is 2.14. The highest BCUT2D eigenvalue weighted by atomic mass is 16.3. The molecule has 1 aromatic heterocycles. The molecule has 0 bridgehead atoms. The molecule has 0 radical (unpaired) electrons. The molecule has 1 heterocycles. The van der Waals surface area contributed by atoms with Gasteiger partial charge in [0.1, 0.15) is 11.9 Å². The number of hydrogen-bond donors (Lipinski definition) is 1. The number of rotatable bonds is 4. The van der Waals surface area contributed by atoms with Gasteiger partial charge in [-0.05, 0) is 23.3 Å². The second-order valence-corrected chi connectivity index (χ2v) is 4.97. The Labute approximate surface area is 118 Å². The molecule has 0 aliphatic heterocycles. The Balaban J connectivity index is 1.85. The maximum atomic E-state index is 10.4. The Morgan fingerprint density at radius 3 is 2.75 bits per heavy atom. The summed E-state index contributed by atoms with van der Waals surface area (Å²) in [5.41, 5.74) is 1.13. The summed E-state index contributed by atoms with van der Waals surface area (Å²) in [4.78, 5) is 4.26. The number of benzene rings is 2. The highest BCUT2D eigenvalue weighted by Crippen LogP contribution is 2.21. The van der Waals surface area contributed by atoms with E-state index in [9.17, 15) is 5.11 Å². The smallest absolute Gasteiger partial charge is 0.137 e. The monoisotopic (exact) mass is 266 g/mol. The third kappa shape index (κ3) is 2.45. The van der Waals surface area contributed by atoms with Gasteiger partial charge in [-0.25, -0.2) is 4.98 Å². The molecule has 3 heteroatoms. The summed E-state index contributed by atoms with van der Waals surface area (Å²) in [5.74, 6) is 0.737. The van der Waals surface area contributed by atoms with Gasteiger partial charge in [0.25, 0.3) is 0 Å². The number of nitrogens with zero attached hydrogens (tertiary/aromatic N) is 2. The van der Waals surface area contributed by atoms with E-state index in [1.807, 2.05) is 29.8 Å². The second-order valence-electron chi connectivity index (χ2n) is 4.97.